The fraction of sp³-hybridized carbons (Fsp3) is 0.375. The van der Waals surface area contributed by atoms with Gasteiger partial charge in [-0.1, -0.05) is 65.8 Å². The molecule has 0 spiro atoms. The van der Waals surface area contributed by atoms with Crippen molar-refractivity contribution < 1.29 is 0 Å². The first kappa shape index (κ1) is 17.1. The van der Waals surface area contributed by atoms with Crippen molar-refractivity contribution in [2.75, 3.05) is 0 Å². The molecule has 0 saturated heterocycles. The molecule has 0 amide bonds. The first-order valence-corrected chi connectivity index (χ1v) is 9.47. The van der Waals surface area contributed by atoms with Crippen molar-refractivity contribution in [1.29, 1.82) is 0 Å². The molecule has 4 rings (SSSR count). The van der Waals surface area contributed by atoms with Crippen LogP contribution in [0.15, 0.2) is 48.5 Å². The average molecular weight is 345 g/mol. The number of fused-ring (bicyclic) bond motifs is 5. The van der Waals surface area contributed by atoms with Gasteiger partial charge in [-0.2, -0.15) is 5.10 Å². The maximum absolute atomic E-state index is 4.92. The molecule has 0 aliphatic rings. The monoisotopic (exact) mass is 344 g/mol. The molecule has 0 aliphatic carbocycles. The summed E-state index contributed by atoms with van der Waals surface area (Å²) in [5.74, 6) is 0. The lowest BCUT2D eigenvalue weighted by Gasteiger charge is -2.20. The first-order valence-electron chi connectivity index (χ1n) is 9.47. The Morgan fingerprint density at radius 2 is 1.54 bits per heavy atom. The summed E-state index contributed by atoms with van der Waals surface area (Å²) in [5.41, 5.74) is 6.60. The number of para-hydroxylation sites is 1. The van der Waals surface area contributed by atoms with E-state index in [9.17, 15) is 0 Å². The number of pyridine rings is 1. The van der Waals surface area contributed by atoms with Crippen molar-refractivity contribution in [3.63, 3.8) is 0 Å². The maximum Gasteiger partial charge on any atom is 0.0934 e. The van der Waals surface area contributed by atoms with Crippen LogP contribution >= 0.6 is 0 Å². The molecule has 26 heavy (non-hydrogen) atoms. The van der Waals surface area contributed by atoms with Crippen molar-refractivity contribution in [1.82, 2.24) is 9.61 Å². The molecule has 2 nitrogen and oxygen atoms in total. The zero-order valence-corrected chi connectivity index (χ0v) is 16.7. The molecule has 2 aromatic heterocycles. The molecule has 0 saturated carbocycles. The van der Waals surface area contributed by atoms with E-state index in [0.717, 1.165) is 11.9 Å². The zero-order chi connectivity index (χ0) is 18.7. The van der Waals surface area contributed by atoms with Gasteiger partial charge in [0.15, 0.2) is 0 Å². The number of rotatable bonds is 1. The number of aromatic nitrogens is 2. The minimum absolute atomic E-state index is 0.132. The molecule has 2 heterocycles. The number of nitrogens with zero attached hydrogens (tertiary/aromatic N) is 2. The number of benzene rings is 2. The van der Waals surface area contributed by atoms with E-state index in [1.54, 1.807) is 0 Å². The van der Waals surface area contributed by atoms with Crippen molar-refractivity contribution in [3.05, 3.63) is 59.7 Å². The van der Waals surface area contributed by atoms with Crippen molar-refractivity contribution in [2.24, 2.45) is 5.41 Å². The third-order valence-electron chi connectivity index (χ3n) is 5.08. The Hall–Kier alpha value is -2.35. The summed E-state index contributed by atoms with van der Waals surface area (Å²) in [4.78, 5) is 0. The molecule has 0 unspecified atom stereocenters. The SMILES string of the molecule is CC(C)(C)Cc1cc2c3cc(C(C)(C)C)ccc3nn2c2ccccc12. The normalized spacial score (nSPS) is 13.2. The predicted octanol–water partition coefficient (Wildman–Crippen LogP) is 6.53. The van der Waals surface area contributed by atoms with Crippen molar-refractivity contribution in [3.8, 4) is 0 Å². The lowest BCUT2D eigenvalue weighted by molar-refractivity contribution is 0.412. The van der Waals surface area contributed by atoms with Gasteiger partial charge < -0.3 is 0 Å². The highest BCUT2D eigenvalue weighted by Crippen LogP contribution is 2.33. The van der Waals surface area contributed by atoms with E-state index in [0.29, 0.717) is 0 Å². The zero-order valence-electron chi connectivity index (χ0n) is 16.7. The Balaban J connectivity index is 2.10. The Labute approximate surface area is 155 Å². The quantitative estimate of drug-likeness (QED) is 0.384. The van der Waals surface area contributed by atoms with Gasteiger partial charge in [-0.05, 0) is 52.6 Å². The smallest absolute Gasteiger partial charge is 0.0934 e. The predicted molar refractivity (Wildman–Crippen MR) is 112 cm³/mol. The van der Waals surface area contributed by atoms with Gasteiger partial charge in [0, 0.05) is 10.8 Å². The van der Waals surface area contributed by atoms with E-state index < -0.39 is 0 Å². The lowest BCUT2D eigenvalue weighted by Crippen LogP contribution is -2.10. The van der Waals surface area contributed by atoms with E-state index in [1.165, 1.54) is 32.9 Å². The van der Waals surface area contributed by atoms with E-state index >= 15 is 0 Å². The van der Waals surface area contributed by atoms with Gasteiger partial charge in [0.2, 0.25) is 0 Å². The van der Waals surface area contributed by atoms with E-state index in [2.05, 4.69) is 94.6 Å². The van der Waals surface area contributed by atoms with Gasteiger partial charge in [-0.15, -0.1) is 0 Å². The molecule has 4 aromatic rings. The van der Waals surface area contributed by atoms with Crippen molar-refractivity contribution in [2.45, 2.75) is 53.4 Å². The summed E-state index contributed by atoms with van der Waals surface area (Å²) in [6.45, 7) is 13.7. The second-order valence-corrected chi connectivity index (χ2v) is 9.70. The van der Waals surface area contributed by atoms with Crippen molar-refractivity contribution >= 4 is 27.3 Å². The lowest BCUT2D eigenvalue weighted by atomic mass is 9.85. The van der Waals surface area contributed by atoms with Crippen LogP contribution in [0.2, 0.25) is 0 Å². The topological polar surface area (TPSA) is 17.3 Å². The number of hydrogen-bond acceptors (Lipinski definition) is 1. The van der Waals surface area contributed by atoms with Gasteiger partial charge in [0.25, 0.3) is 0 Å². The Bertz CT molecular complexity index is 1120. The summed E-state index contributed by atoms with van der Waals surface area (Å²) in [6, 6.07) is 17.7. The second-order valence-electron chi connectivity index (χ2n) is 9.70. The molecule has 0 aliphatic heterocycles. The highest BCUT2D eigenvalue weighted by atomic mass is 15.2. The Morgan fingerprint density at radius 3 is 2.23 bits per heavy atom. The third-order valence-corrected chi connectivity index (χ3v) is 5.08. The Kier molecular flexibility index (Phi) is 3.66. The van der Waals surface area contributed by atoms with E-state index in [4.69, 9.17) is 5.10 Å². The van der Waals surface area contributed by atoms with Gasteiger partial charge in [-0.3, -0.25) is 0 Å². The molecule has 0 radical (unpaired) electrons. The summed E-state index contributed by atoms with van der Waals surface area (Å²) in [6.07, 6.45) is 1.05. The third kappa shape index (κ3) is 2.88. The summed E-state index contributed by atoms with van der Waals surface area (Å²) < 4.78 is 2.12. The second kappa shape index (κ2) is 5.57. The van der Waals surface area contributed by atoms with Gasteiger partial charge >= 0.3 is 0 Å². The minimum atomic E-state index is 0.132. The molecule has 0 atom stereocenters. The fourth-order valence-electron chi connectivity index (χ4n) is 3.78. The minimum Gasteiger partial charge on any atom is -0.232 e. The van der Waals surface area contributed by atoms with Crippen LogP contribution in [0, 0.1) is 5.41 Å². The summed E-state index contributed by atoms with van der Waals surface area (Å²) in [7, 11) is 0. The standard InChI is InChI=1S/C24H28N2/c1-23(2,3)15-16-13-22-19-14-17(24(4,5)6)11-12-20(19)25-26(22)21-10-8-7-9-18(16)21/h7-14H,15H2,1-6H3. The van der Waals surface area contributed by atoms with E-state index in [1.807, 2.05) is 0 Å². The van der Waals surface area contributed by atoms with Gasteiger partial charge in [0.05, 0.1) is 16.6 Å². The van der Waals surface area contributed by atoms with Gasteiger partial charge in [0.1, 0.15) is 0 Å². The highest BCUT2D eigenvalue weighted by molar-refractivity contribution is 5.99. The van der Waals surface area contributed by atoms with Crippen LogP contribution in [0.25, 0.3) is 27.3 Å². The van der Waals surface area contributed by atoms with Crippen LogP contribution in [-0.4, -0.2) is 9.61 Å². The highest BCUT2D eigenvalue weighted by Gasteiger charge is 2.19. The maximum atomic E-state index is 4.92. The Morgan fingerprint density at radius 1 is 0.808 bits per heavy atom. The molecule has 2 aromatic carbocycles. The van der Waals surface area contributed by atoms with Crippen LogP contribution in [0.5, 0.6) is 0 Å². The molecule has 134 valence electrons. The summed E-state index contributed by atoms with van der Waals surface area (Å²) in [5, 5.41) is 7.47. The van der Waals surface area contributed by atoms with Crippen LogP contribution in [-0.2, 0) is 11.8 Å². The molecule has 0 N–H and O–H groups in total. The molecular weight excluding hydrogens is 316 g/mol. The molecule has 0 fully saturated rings. The molecular formula is C24H28N2. The molecule has 2 heteroatoms. The average Bonchev–Trinajstić information content (AvgIpc) is 2.91. The van der Waals surface area contributed by atoms with Crippen LogP contribution < -0.4 is 0 Å². The fourth-order valence-corrected chi connectivity index (χ4v) is 3.78. The number of hydrogen-bond donors (Lipinski definition) is 0. The first-order chi connectivity index (χ1) is 12.1. The van der Waals surface area contributed by atoms with Crippen LogP contribution in [0.3, 0.4) is 0 Å². The summed E-state index contributed by atoms with van der Waals surface area (Å²) >= 11 is 0. The van der Waals surface area contributed by atoms with Crippen LogP contribution in [0.4, 0.5) is 0 Å². The van der Waals surface area contributed by atoms with Crippen LogP contribution in [0.1, 0.15) is 52.7 Å². The largest absolute Gasteiger partial charge is 0.232 e. The van der Waals surface area contributed by atoms with Gasteiger partial charge in [-0.25, -0.2) is 4.52 Å². The van der Waals surface area contributed by atoms with E-state index in [-0.39, 0.29) is 10.8 Å². The molecule has 0 bridgehead atoms.